The topological polar surface area (TPSA) is 250 Å². The number of nitro benzene ring substituents is 1. The van der Waals surface area contributed by atoms with Gasteiger partial charge in [0, 0.05) is 105 Å². The molecule has 5 fully saturated rings. The number of nitro groups is 1. The van der Waals surface area contributed by atoms with E-state index in [-0.39, 0.29) is 77.9 Å². The molecule has 0 unspecified atom stereocenters. The quantitative estimate of drug-likeness (QED) is 0.0661. The molecule has 464 valence electrons. The molecular formula is C64H75N11O12S. The Bertz CT molecular complexity index is 3790. The third-order valence-electron chi connectivity index (χ3n) is 19.9. The summed E-state index contributed by atoms with van der Waals surface area (Å²) in [6, 6.07) is 20.4. The van der Waals surface area contributed by atoms with Gasteiger partial charge in [-0.05, 0) is 119 Å². The van der Waals surface area contributed by atoms with Gasteiger partial charge in [-0.25, -0.2) is 18.1 Å². The number of rotatable bonds is 12. The van der Waals surface area contributed by atoms with Gasteiger partial charge >= 0.3 is 0 Å². The molecule has 0 radical (unpaired) electrons. The molecule has 9 aliphatic rings. The molecule has 23 nitrogen and oxygen atoms in total. The summed E-state index contributed by atoms with van der Waals surface area (Å²) in [6.07, 6.45) is 9.55. The number of piperidine rings is 1. The van der Waals surface area contributed by atoms with Gasteiger partial charge in [0.15, 0.2) is 23.0 Å². The number of hydrogen-bond acceptors (Lipinski definition) is 20. The van der Waals surface area contributed by atoms with Crippen molar-refractivity contribution in [1.82, 2.24) is 29.5 Å². The Morgan fingerprint density at radius 2 is 1.70 bits per heavy atom. The van der Waals surface area contributed by atoms with Crippen molar-refractivity contribution in [2.24, 2.45) is 11.3 Å². The summed E-state index contributed by atoms with van der Waals surface area (Å²) < 4.78 is 74.7. The number of aromatic amines is 1. The van der Waals surface area contributed by atoms with Crippen LogP contribution in [0.15, 0.2) is 84.0 Å². The lowest BCUT2D eigenvalue weighted by Crippen LogP contribution is -2.60. The fourth-order valence-corrected chi connectivity index (χ4v) is 16.4. The summed E-state index contributed by atoms with van der Waals surface area (Å²) in [5.74, 6) is 2.14. The number of sulfonamides is 1. The lowest BCUT2D eigenvalue weighted by Gasteiger charge is -2.58. The van der Waals surface area contributed by atoms with Gasteiger partial charge in [-0.15, -0.1) is 0 Å². The fraction of sp³-hybridized carbons (Fsp3) is 0.516. The van der Waals surface area contributed by atoms with Crippen molar-refractivity contribution in [3.63, 3.8) is 0 Å². The molecule has 8 aliphatic heterocycles. The number of piperazine rings is 1. The largest absolute Gasteiger partial charge is 0.491 e. The van der Waals surface area contributed by atoms with Crippen molar-refractivity contribution in [2.45, 2.75) is 126 Å². The molecule has 88 heavy (non-hydrogen) atoms. The predicted molar refractivity (Wildman–Crippen MR) is 328 cm³/mol. The van der Waals surface area contributed by atoms with Gasteiger partial charge in [-0.1, -0.05) is 18.2 Å². The van der Waals surface area contributed by atoms with Crippen LogP contribution in [-0.2, 0) is 30.8 Å². The number of fused-ring (bicyclic) bond motifs is 7. The van der Waals surface area contributed by atoms with Gasteiger partial charge in [0.25, 0.3) is 21.6 Å². The molecule has 24 heteroatoms. The van der Waals surface area contributed by atoms with Gasteiger partial charge in [-0.3, -0.25) is 24.7 Å². The second kappa shape index (κ2) is 22.8. The minimum Gasteiger partial charge on any atom is -0.491 e. The van der Waals surface area contributed by atoms with Crippen molar-refractivity contribution in [2.75, 3.05) is 99.4 Å². The summed E-state index contributed by atoms with van der Waals surface area (Å²) in [5, 5.41) is 20.3. The number of ether oxygens (including phenoxy) is 7. The van der Waals surface area contributed by atoms with Crippen LogP contribution >= 0.6 is 0 Å². The Morgan fingerprint density at radius 3 is 2.53 bits per heavy atom. The summed E-state index contributed by atoms with van der Waals surface area (Å²) in [7, 11) is -4.73. The SMILES string of the molecule is CC(C)Oc1ccccc1[C@@H]1CN([C@@H]2COCc3c2cnc2c3OC[C@@H](C)N2)CCN1C1CC2(CCN(c3ccc(C(=O)NS(=O)(=O)c4cc5c(c([N+](=O)[O-])c4)N[C@H](C4CCOCC4)CO5)c(N4c5cc6cc[nH]c6nc5O[C@H]5COCC[C@@H]54)c3)CC2)C1. The molecule has 3 aromatic heterocycles. The molecule has 4 N–H and O–H groups in total. The zero-order valence-electron chi connectivity index (χ0n) is 49.8. The average molecular weight is 1220 g/mol. The van der Waals surface area contributed by atoms with E-state index in [2.05, 4.69) is 85.0 Å². The fourth-order valence-electron chi connectivity index (χ4n) is 15.4. The molecule has 1 saturated carbocycles. The summed E-state index contributed by atoms with van der Waals surface area (Å²) in [5.41, 5.74) is 5.95. The van der Waals surface area contributed by atoms with Crippen LogP contribution in [0, 0.1) is 21.4 Å². The first-order valence-electron chi connectivity index (χ1n) is 31.2. The van der Waals surface area contributed by atoms with Crippen molar-refractivity contribution in [1.29, 1.82) is 0 Å². The van der Waals surface area contributed by atoms with Crippen LogP contribution in [0.3, 0.4) is 0 Å². The maximum Gasteiger partial charge on any atom is 0.297 e. The Labute approximate surface area is 510 Å². The molecule has 3 aromatic carbocycles. The molecule has 6 aromatic rings. The number of hydrogen-bond donors (Lipinski definition) is 4. The number of aromatic nitrogens is 3. The molecule has 6 atom stereocenters. The van der Waals surface area contributed by atoms with E-state index < -0.39 is 37.5 Å². The van der Waals surface area contributed by atoms with Crippen LogP contribution in [0.4, 0.5) is 34.3 Å². The van der Waals surface area contributed by atoms with E-state index in [1.54, 1.807) is 6.07 Å². The van der Waals surface area contributed by atoms with Gasteiger partial charge in [0.1, 0.15) is 36.4 Å². The molecule has 1 amide bonds. The maximum absolute atomic E-state index is 15.0. The third-order valence-corrected chi connectivity index (χ3v) is 21.2. The number of carbonyl (C=O) groups is 1. The second-order valence-electron chi connectivity index (χ2n) is 25.7. The van der Waals surface area contributed by atoms with E-state index in [1.165, 1.54) is 17.2 Å². The Morgan fingerprint density at radius 1 is 0.875 bits per heavy atom. The van der Waals surface area contributed by atoms with Crippen molar-refractivity contribution in [3.8, 4) is 23.1 Å². The van der Waals surface area contributed by atoms with Gasteiger partial charge in [0.05, 0.1) is 77.2 Å². The monoisotopic (exact) mass is 1220 g/mol. The first kappa shape index (κ1) is 57.0. The van der Waals surface area contributed by atoms with E-state index >= 15 is 4.79 Å². The lowest BCUT2D eigenvalue weighted by molar-refractivity contribution is -0.384. The van der Waals surface area contributed by atoms with E-state index in [0.29, 0.717) is 75.0 Å². The molecular weight excluding hydrogens is 1150 g/mol. The highest BCUT2D eigenvalue weighted by Crippen LogP contribution is 2.55. The van der Waals surface area contributed by atoms with Gasteiger partial charge < -0.3 is 58.6 Å². The number of nitrogens with zero attached hydrogens (tertiary/aromatic N) is 7. The number of benzene rings is 3. The van der Waals surface area contributed by atoms with Crippen LogP contribution in [0.1, 0.15) is 105 Å². The number of nitrogens with one attached hydrogen (secondary N) is 4. The number of pyridine rings is 2. The molecule has 11 heterocycles. The highest BCUT2D eigenvalue weighted by molar-refractivity contribution is 7.90. The number of amides is 1. The summed E-state index contributed by atoms with van der Waals surface area (Å²) >= 11 is 0. The Balaban J connectivity index is 0.701. The zero-order valence-corrected chi connectivity index (χ0v) is 50.6. The van der Waals surface area contributed by atoms with E-state index in [1.807, 2.05) is 36.7 Å². The number of anilines is 5. The Kier molecular flexibility index (Phi) is 14.8. The average Bonchev–Trinajstić information content (AvgIpc) is 1.36. The Hall–Kier alpha value is -7.48. The summed E-state index contributed by atoms with van der Waals surface area (Å²) in [4.78, 5) is 49.3. The number of H-pyrrole nitrogens is 1. The van der Waals surface area contributed by atoms with Crippen molar-refractivity contribution >= 4 is 61.2 Å². The van der Waals surface area contributed by atoms with Gasteiger partial charge in [0.2, 0.25) is 5.88 Å². The predicted octanol–water partition coefficient (Wildman–Crippen LogP) is 8.63. The number of carbonyl (C=O) groups excluding carboxylic acids is 1. The normalized spacial score (nSPS) is 25.5. The molecule has 15 rings (SSSR count). The van der Waals surface area contributed by atoms with Gasteiger partial charge in [-0.2, -0.15) is 4.98 Å². The third kappa shape index (κ3) is 10.4. The zero-order chi connectivity index (χ0) is 60.0. The molecule has 1 aliphatic carbocycles. The maximum atomic E-state index is 15.0. The smallest absolute Gasteiger partial charge is 0.297 e. The second-order valence-corrected chi connectivity index (χ2v) is 27.3. The molecule has 1 spiro atoms. The van der Waals surface area contributed by atoms with Crippen molar-refractivity contribution in [3.05, 3.63) is 111 Å². The minimum absolute atomic E-state index is 0.0128. The van der Waals surface area contributed by atoms with Crippen LogP contribution in [0.25, 0.3) is 11.0 Å². The summed E-state index contributed by atoms with van der Waals surface area (Å²) in [6.45, 7) is 14.1. The number of para-hydroxylation sites is 1. The molecule has 4 saturated heterocycles. The van der Waals surface area contributed by atoms with E-state index in [9.17, 15) is 18.5 Å². The lowest BCUT2D eigenvalue weighted by atomic mass is 9.59. The highest BCUT2D eigenvalue weighted by atomic mass is 32.2. The molecule has 0 bridgehead atoms. The first-order chi connectivity index (χ1) is 42.7. The standard InChI is InChI=1S/C64H75N11O12S/c1-37(2)86-55-7-5-4-6-44(55)53-31-72(54-35-83-33-47-46(54)30-66-61-59(47)85-32-38(3)67-61)19-20-73(53)42-28-64(29-42)14-17-71(18-15-64)41-8-9-45(50(25-41)74-49-13-23-82-36-57(49)87-63-52(74)24-40-10-16-65-60(40)69-63)62(76)70-88(79,80)43-26-51(75(77)78)58-56(27-43)84-34-48(68-58)39-11-21-81-22-12-39/h4-10,16,24-27,30,37-39,42,48-49,53-54,57,68H,11-15,17-23,28-29,31-36H2,1-3H3,(H,65,69)(H,66,67)(H,70,76)/t38-,48+,49+,53+,54-,57+/m1/s1. The van der Waals surface area contributed by atoms with Crippen LogP contribution in [-0.4, -0.2) is 159 Å². The van der Waals surface area contributed by atoms with E-state index in [0.717, 1.165) is 111 Å². The minimum atomic E-state index is -4.73. The van der Waals surface area contributed by atoms with Crippen molar-refractivity contribution < 1.29 is 51.3 Å². The van der Waals surface area contributed by atoms with E-state index in [4.69, 9.17) is 43.1 Å². The van der Waals surface area contributed by atoms with Crippen LogP contribution < -0.4 is 44.1 Å². The first-order valence-corrected chi connectivity index (χ1v) is 32.7. The van der Waals surface area contributed by atoms with Crippen LogP contribution in [0.2, 0.25) is 0 Å². The highest BCUT2D eigenvalue weighted by Gasteiger charge is 2.51. The van der Waals surface area contributed by atoms with Crippen LogP contribution in [0.5, 0.6) is 23.1 Å².